The SMILES string of the molecule is CC(C)(CCn1cnc2cc(N(N)C=O)ccc21)NC[C@H](O)c1cccc(NS(=O)(=O)c2ccccc2)c1. The van der Waals surface area contributed by atoms with Gasteiger partial charge in [-0.15, -0.1) is 0 Å². The third-order valence-corrected chi connectivity index (χ3v) is 7.74. The highest BCUT2D eigenvalue weighted by molar-refractivity contribution is 7.92. The van der Waals surface area contributed by atoms with Crippen LogP contribution in [0.1, 0.15) is 31.9 Å². The number of benzene rings is 3. The Bertz CT molecular complexity index is 1500. The predicted octanol–water partition coefficient (Wildman–Crippen LogP) is 3.17. The van der Waals surface area contributed by atoms with Gasteiger partial charge in [-0.2, -0.15) is 0 Å². The molecule has 0 aliphatic carbocycles. The number of nitrogens with two attached hydrogens (primary N) is 1. The summed E-state index contributed by atoms with van der Waals surface area (Å²) in [5.41, 5.74) is 2.90. The molecule has 0 aliphatic heterocycles. The number of aliphatic hydroxyl groups excluding tert-OH is 1. The average molecular weight is 537 g/mol. The molecule has 11 heteroatoms. The van der Waals surface area contributed by atoms with Crippen LogP contribution in [0.3, 0.4) is 0 Å². The standard InChI is InChI=1S/C27H32N6O4S/c1-27(2,13-14-32-18-29-24-16-22(33(28)19-34)11-12-25(24)32)30-17-26(35)20-7-6-8-21(15-20)31-38(36,37)23-9-4-3-5-10-23/h3-12,15-16,18-19,26,30-31,35H,13-14,17,28H2,1-2H3/t26-/m0/s1. The molecule has 38 heavy (non-hydrogen) atoms. The minimum Gasteiger partial charge on any atom is -0.387 e. The van der Waals surface area contributed by atoms with Crippen molar-refractivity contribution in [3.63, 3.8) is 0 Å². The van der Waals surface area contributed by atoms with E-state index in [1.54, 1.807) is 60.9 Å². The maximum Gasteiger partial charge on any atom is 0.261 e. The van der Waals surface area contributed by atoms with Crippen LogP contribution >= 0.6 is 0 Å². The van der Waals surface area contributed by atoms with Gasteiger partial charge in [-0.3, -0.25) is 14.5 Å². The van der Waals surface area contributed by atoms with Crippen LogP contribution in [0.4, 0.5) is 11.4 Å². The first kappa shape index (κ1) is 27.3. The first-order valence-corrected chi connectivity index (χ1v) is 13.6. The van der Waals surface area contributed by atoms with Crippen molar-refractivity contribution in [1.29, 1.82) is 0 Å². The van der Waals surface area contributed by atoms with Gasteiger partial charge in [-0.25, -0.2) is 19.2 Å². The van der Waals surface area contributed by atoms with Gasteiger partial charge in [0.2, 0.25) is 6.41 Å². The summed E-state index contributed by atoms with van der Waals surface area (Å²) < 4.78 is 29.9. The molecule has 0 fully saturated rings. The second-order valence-corrected chi connectivity index (χ2v) is 11.4. The molecule has 10 nitrogen and oxygen atoms in total. The minimum absolute atomic E-state index is 0.169. The fraction of sp³-hybridized carbons (Fsp3) is 0.259. The molecule has 0 radical (unpaired) electrons. The summed E-state index contributed by atoms with van der Waals surface area (Å²) in [6.45, 7) is 5.08. The number of hydrogen-bond acceptors (Lipinski definition) is 7. The number of aryl methyl sites for hydroxylation is 1. The summed E-state index contributed by atoms with van der Waals surface area (Å²) in [6, 6.07) is 20.3. The smallest absolute Gasteiger partial charge is 0.261 e. The van der Waals surface area contributed by atoms with Crippen molar-refractivity contribution >= 4 is 38.8 Å². The van der Waals surface area contributed by atoms with Gasteiger partial charge in [0.1, 0.15) is 0 Å². The second-order valence-electron chi connectivity index (χ2n) is 9.70. The molecule has 4 aromatic rings. The summed E-state index contributed by atoms with van der Waals surface area (Å²) in [4.78, 5) is 15.5. The molecule has 0 spiro atoms. The Labute approximate surface area is 222 Å². The van der Waals surface area contributed by atoms with Crippen LogP contribution in [0.5, 0.6) is 0 Å². The zero-order chi connectivity index (χ0) is 27.3. The largest absolute Gasteiger partial charge is 0.387 e. The molecule has 1 aromatic heterocycles. The van der Waals surface area contributed by atoms with Crippen molar-refractivity contribution in [2.45, 2.75) is 43.4 Å². The van der Waals surface area contributed by atoms with E-state index >= 15 is 0 Å². The Morgan fingerprint density at radius 2 is 1.87 bits per heavy atom. The van der Waals surface area contributed by atoms with Crippen LogP contribution in [0.15, 0.2) is 84.0 Å². The fourth-order valence-electron chi connectivity index (χ4n) is 4.05. The number of sulfonamides is 1. The molecule has 200 valence electrons. The van der Waals surface area contributed by atoms with Gasteiger partial charge in [0.15, 0.2) is 0 Å². The topological polar surface area (TPSA) is 143 Å². The maximum absolute atomic E-state index is 12.6. The molecular formula is C27H32N6O4S. The molecule has 1 heterocycles. The number of imidazole rings is 1. The quantitative estimate of drug-likeness (QED) is 0.0943. The van der Waals surface area contributed by atoms with E-state index in [2.05, 4.69) is 28.9 Å². The van der Waals surface area contributed by atoms with Crippen LogP contribution in [-0.4, -0.2) is 41.6 Å². The van der Waals surface area contributed by atoms with Crippen LogP contribution < -0.4 is 20.9 Å². The van der Waals surface area contributed by atoms with Gasteiger partial charge in [0.25, 0.3) is 10.0 Å². The first-order valence-electron chi connectivity index (χ1n) is 12.1. The van der Waals surface area contributed by atoms with E-state index in [1.165, 1.54) is 12.1 Å². The molecule has 1 amide bonds. The van der Waals surface area contributed by atoms with E-state index in [4.69, 9.17) is 5.84 Å². The van der Waals surface area contributed by atoms with Crippen molar-refractivity contribution in [3.05, 3.63) is 84.7 Å². The summed E-state index contributed by atoms with van der Waals surface area (Å²) in [6.07, 6.45) is 2.21. The molecular weight excluding hydrogens is 504 g/mol. The van der Waals surface area contributed by atoms with E-state index in [9.17, 15) is 18.3 Å². The number of nitrogens with one attached hydrogen (secondary N) is 2. The van der Waals surface area contributed by atoms with E-state index in [0.717, 1.165) is 22.5 Å². The molecule has 3 aromatic carbocycles. The Morgan fingerprint density at radius 1 is 1.11 bits per heavy atom. The monoisotopic (exact) mass is 536 g/mol. The normalized spacial score (nSPS) is 12.8. The average Bonchev–Trinajstić information content (AvgIpc) is 3.33. The molecule has 0 unspecified atom stereocenters. The van der Waals surface area contributed by atoms with Crippen molar-refractivity contribution in [2.75, 3.05) is 16.3 Å². The first-order chi connectivity index (χ1) is 18.1. The highest BCUT2D eigenvalue weighted by Gasteiger charge is 2.21. The number of aliphatic hydroxyl groups is 1. The molecule has 0 saturated heterocycles. The number of hydrogen-bond donors (Lipinski definition) is 4. The van der Waals surface area contributed by atoms with Crippen LogP contribution in [0.2, 0.25) is 0 Å². The Kier molecular flexibility index (Phi) is 8.12. The third kappa shape index (κ3) is 6.56. The number of carbonyl (C=O) groups excluding carboxylic acids is 1. The van der Waals surface area contributed by atoms with E-state index in [1.807, 2.05) is 10.6 Å². The second kappa shape index (κ2) is 11.3. The van der Waals surface area contributed by atoms with Gasteiger partial charge in [-0.05, 0) is 68.3 Å². The highest BCUT2D eigenvalue weighted by atomic mass is 32.2. The van der Waals surface area contributed by atoms with Crippen molar-refractivity contribution in [1.82, 2.24) is 14.9 Å². The van der Waals surface area contributed by atoms with E-state index in [-0.39, 0.29) is 17.0 Å². The zero-order valence-corrected chi connectivity index (χ0v) is 22.1. The predicted molar refractivity (Wildman–Crippen MR) is 148 cm³/mol. The Morgan fingerprint density at radius 3 is 2.61 bits per heavy atom. The number of rotatable bonds is 12. The molecule has 1 atom stereocenters. The van der Waals surface area contributed by atoms with Gasteiger partial charge in [-0.1, -0.05) is 30.3 Å². The molecule has 0 saturated carbocycles. The number of amides is 1. The molecule has 0 aliphatic rings. The van der Waals surface area contributed by atoms with Gasteiger partial charge in [0, 0.05) is 24.3 Å². The number of carbonyl (C=O) groups is 1. The summed E-state index contributed by atoms with van der Waals surface area (Å²) in [5, 5.41) is 15.2. The minimum atomic E-state index is -3.72. The Balaban J connectivity index is 1.35. The lowest BCUT2D eigenvalue weighted by atomic mass is 9.99. The lowest BCUT2D eigenvalue weighted by Crippen LogP contribution is -2.42. The lowest BCUT2D eigenvalue weighted by Gasteiger charge is -2.28. The number of nitrogens with zero attached hydrogens (tertiary/aromatic N) is 3. The van der Waals surface area contributed by atoms with Crippen molar-refractivity contribution in [3.8, 4) is 0 Å². The summed E-state index contributed by atoms with van der Waals surface area (Å²) in [5.74, 6) is 5.64. The number of anilines is 2. The molecule has 4 rings (SSSR count). The molecule has 5 N–H and O–H groups in total. The van der Waals surface area contributed by atoms with Gasteiger partial charge in [0.05, 0.1) is 34.0 Å². The maximum atomic E-state index is 12.6. The lowest BCUT2D eigenvalue weighted by molar-refractivity contribution is -0.107. The summed E-state index contributed by atoms with van der Waals surface area (Å²) in [7, 11) is -3.72. The fourth-order valence-corrected chi connectivity index (χ4v) is 5.12. The van der Waals surface area contributed by atoms with Crippen LogP contribution in [0.25, 0.3) is 11.0 Å². The van der Waals surface area contributed by atoms with Crippen molar-refractivity contribution in [2.24, 2.45) is 5.84 Å². The van der Waals surface area contributed by atoms with E-state index < -0.39 is 16.1 Å². The van der Waals surface area contributed by atoms with Crippen LogP contribution in [0, 0.1) is 0 Å². The summed E-state index contributed by atoms with van der Waals surface area (Å²) >= 11 is 0. The number of aromatic nitrogens is 2. The van der Waals surface area contributed by atoms with Gasteiger partial charge < -0.3 is 15.0 Å². The molecule has 0 bridgehead atoms. The van der Waals surface area contributed by atoms with Crippen molar-refractivity contribution < 1.29 is 18.3 Å². The van der Waals surface area contributed by atoms with Gasteiger partial charge >= 0.3 is 0 Å². The Hall–Kier alpha value is -3.77. The van der Waals surface area contributed by atoms with Crippen LogP contribution in [-0.2, 0) is 21.4 Å². The number of hydrazine groups is 1. The zero-order valence-electron chi connectivity index (χ0n) is 21.3. The number of fused-ring (bicyclic) bond motifs is 1. The highest BCUT2D eigenvalue weighted by Crippen LogP contribution is 2.23. The third-order valence-electron chi connectivity index (χ3n) is 6.35. The van der Waals surface area contributed by atoms with E-state index in [0.29, 0.717) is 29.9 Å². The number of β-amino-alcohol motifs (C(OH)–C–C–N with tert-alkyl or cyclic N) is 1.